The summed E-state index contributed by atoms with van der Waals surface area (Å²) in [5, 5.41) is 13.4. The van der Waals surface area contributed by atoms with Crippen LogP contribution in [0.4, 0.5) is 0 Å². The van der Waals surface area contributed by atoms with E-state index in [4.69, 9.17) is 4.74 Å². The van der Waals surface area contributed by atoms with Gasteiger partial charge in [0.25, 0.3) is 0 Å². The molecule has 21 heavy (non-hydrogen) atoms. The van der Waals surface area contributed by atoms with Gasteiger partial charge in [0.2, 0.25) is 0 Å². The topological polar surface area (TPSA) is 41.5 Å². The molecule has 1 aromatic rings. The predicted molar refractivity (Wildman–Crippen MR) is 80.6 cm³/mol. The molecule has 108 valence electrons. The van der Waals surface area contributed by atoms with E-state index in [1.807, 2.05) is 0 Å². The number of ether oxygens (including phenoxy) is 1. The predicted octanol–water partition coefficient (Wildman–Crippen LogP) is 1.77. The van der Waals surface area contributed by atoms with E-state index in [1.54, 1.807) is 0 Å². The molecule has 1 unspecified atom stereocenters. The van der Waals surface area contributed by atoms with Crippen LogP contribution in [0.2, 0.25) is 0 Å². The van der Waals surface area contributed by atoms with Crippen LogP contribution in [0, 0.1) is 6.92 Å². The van der Waals surface area contributed by atoms with Gasteiger partial charge in [0.05, 0.1) is 12.0 Å². The van der Waals surface area contributed by atoms with Gasteiger partial charge in [-0.1, -0.05) is 24.3 Å². The lowest BCUT2D eigenvalue weighted by atomic mass is 9.57. The minimum Gasteiger partial charge on any atom is -0.484 e. The molecule has 0 radical (unpaired) electrons. The summed E-state index contributed by atoms with van der Waals surface area (Å²) in [5.41, 5.74) is 6.50. The zero-order valence-corrected chi connectivity index (χ0v) is 12.1. The minimum absolute atomic E-state index is 0.0118. The molecule has 0 amide bonds. The van der Waals surface area contributed by atoms with E-state index >= 15 is 0 Å². The van der Waals surface area contributed by atoms with Gasteiger partial charge in [-0.2, -0.15) is 0 Å². The highest BCUT2D eigenvalue weighted by molar-refractivity contribution is 5.66. The standard InChI is InChI=1S/C18H19NO2/c1-10-2-3-11-8-14-13-5-4-12(9-20)17-18(13,6-7-19-14)15(11)16(10)21-17/h2-5,14,17,19-20H,6-9H2,1H3/t14-,17?,18+/m0/s1. The van der Waals surface area contributed by atoms with Crippen molar-refractivity contribution in [3.05, 3.63) is 52.1 Å². The highest BCUT2D eigenvalue weighted by Crippen LogP contribution is 2.59. The maximum absolute atomic E-state index is 9.76. The van der Waals surface area contributed by atoms with E-state index in [1.165, 1.54) is 22.3 Å². The molecule has 3 atom stereocenters. The van der Waals surface area contributed by atoms with Crippen molar-refractivity contribution in [2.75, 3.05) is 13.2 Å². The fraction of sp³-hybridized carbons (Fsp3) is 0.444. The van der Waals surface area contributed by atoms with E-state index in [2.05, 4.69) is 36.5 Å². The Kier molecular flexibility index (Phi) is 2.17. The molecule has 2 aliphatic heterocycles. The third kappa shape index (κ3) is 1.23. The van der Waals surface area contributed by atoms with Crippen molar-refractivity contribution in [2.45, 2.75) is 37.3 Å². The molecule has 2 heterocycles. The molecule has 5 rings (SSSR count). The molecule has 3 nitrogen and oxygen atoms in total. The van der Waals surface area contributed by atoms with Crippen LogP contribution in [0.1, 0.15) is 23.1 Å². The molecular formula is C18H19NO2. The van der Waals surface area contributed by atoms with Gasteiger partial charge in [-0.15, -0.1) is 0 Å². The van der Waals surface area contributed by atoms with E-state index < -0.39 is 0 Å². The zero-order valence-electron chi connectivity index (χ0n) is 12.1. The number of piperidine rings is 1. The number of allylic oxidation sites excluding steroid dienone is 2. The zero-order chi connectivity index (χ0) is 14.2. The Labute approximate surface area is 124 Å². The Morgan fingerprint density at radius 3 is 3.14 bits per heavy atom. The third-order valence-electron chi connectivity index (χ3n) is 5.79. The van der Waals surface area contributed by atoms with Crippen molar-refractivity contribution in [2.24, 2.45) is 0 Å². The highest BCUT2D eigenvalue weighted by Gasteiger charge is 2.59. The van der Waals surface area contributed by atoms with Gasteiger partial charge < -0.3 is 15.2 Å². The van der Waals surface area contributed by atoms with Gasteiger partial charge in [0, 0.05) is 11.6 Å². The average molecular weight is 281 g/mol. The SMILES string of the molecule is Cc1ccc2c3c1OC1C(CO)=CC=C4[C@H](C2)NCC[C@@]431. The Morgan fingerprint density at radius 2 is 2.29 bits per heavy atom. The number of hydrogen-bond acceptors (Lipinski definition) is 3. The van der Waals surface area contributed by atoms with Gasteiger partial charge in [0.1, 0.15) is 11.9 Å². The molecule has 1 fully saturated rings. The number of benzene rings is 1. The summed E-state index contributed by atoms with van der Waals surface area (Å²) in [7, 11) is 0. The highest BCUT2D eigenvalue weighted by atomic mass is 16.5. The Morgan fingerprint density at radius 1 is 1.38 bits per heavy atom. The van der Waals surface area contributed by atoms with Gasteiger partial charge >= 0.3 is 0 Å². The minimum atomic E-state index is -0.0301. The van der Waals surface area contributed by atoms with Crippen LogP contribution in [0.5, 0.6) is 5.75 Å². The molecule has 1 saturated heterocycles. The van der Waals surface area contributed by atoms with E-state index in [9.17, 15) is 5.11 Å². The maximum Gasteiger partial charge on any atom is 0.136 e. The first-order valence-electron chi connectivity index (χ1n) is 7.80. The number of nitrogens with one attached hydrogen (secondary N) is 1. The van der Waals surface area contributed by atoms with Crippen molar-refractivity contribution >= 4 is 0 Å². The van der Waals surface area contributed by atoms with Gasteiger partial charge in [-0.3, -0.25) is 0 Å². The monoisotopic (exact) mass is 281 g/mol. The molecule has 3 heteroatoms. The largest absolute Gasteiger partial charge is 0.484 e. The summed E-state index contributed by atoms with van der Waals surface area (Å²) in [6, 6.07) is 4.87. The molecule has 1 spiro atoms. The van der Waals surface area contributed by atoms with Gasteiger partial charge in [-0.05, 0) is 48.6 Å². The van der Waals surface area contributed by atoms with Crippen molar-refractivity contribution < 1.29 is 9.84 Å². The quantitative estimate of drug-likeness (QED) is 0.824. The van der Waals surface area contributed by atoms with Crippen LogP contribution < -0.4 is 10.1 Å². The maximum atomic E-state index is 9.76. The molecule has 2 bridgehead atoms. The van der Waals surface area contributed by atoms with Crippen LogP contribution in [0.15, 0.2) is 35.4 Å². The van der Waals surface area contributed by atoms with Crippen molar-refractivity contribution in [3.8, 4) is 5.75 Å². The summed E-state index contributed by atoms with van der Waals surface area (Å²) < 4.78 is 6.42. The van der Waals surface area contributed by atoms with Crippen LogP contribution in [-0.4, -0.2) is 30.4 Å². The first kappa shape index (κ1) is 12.0. The first-order chi connectivity index (χ1) is 10.3. The Bertz CT molecular complexity index is 718. The lowest BCUT2D eigenvalue weighted by molar-refractivity contribution is 0.149. The summed E-state index contributed by atoms with van der Waals surface area (Å²) in [4.78, 5) is 0. The summed E-state index contributed by atoms with van der Waals surface area (Å²) >= 11 is 0. The number of rotatable bonds is 1. The first-order valence-corrected chi connectivity index (χ1v) is 7.80. The number of aryl methyl sites for hydroxylation is 1. The summed E-state index contributed by atoms with van der Waals surface area (Å²) in [6.07, 6.45) is 6.41. The lowest BCUT2D eigenvalue weighted by Gasteiger charge is -2.50. The van der Waals surface area contributed by atoms with E-state index in [-0.39, 0.29) is 18.1 Å². The second kappa shape index (κ2) is 3.79. The molecule has 0 aromatic heterocycles. The van der Waals surface area contributed by atoms with E-state index in [0.717, 1.165) is 30.7 Å². The molecule has 4 aliphatic rings. The van der Waals surface area contributed by atoms with Crippen LogP contribution in [0.3, 0.4) is 0 Å². The van der Waals surface area contributed by atoms with Crippen LogP contribution in [0.25, 0.3) is 0 Å². The van der Waals surface area contributed by atoms with Crippen molar-refractivity contribution in [1.29, 1.82) is 0 Å². The number of hydrogen-bond donors (Lipinski definition) is 2. The summed E-state index contributed by atoms with van der Waals surface area (Å²) in [6.45, 7) is 3.23. The van der Waals surface area contributed by atoms with Crippen molar-refractivity contribution in [3.63, 3.8) is 0 Å². The smallest absolute Gasteiger partial charge is 0.136 e. The average Bonchev–Trinajstić information content (AvgIpc) is 2.83. The normalized spacial score (nSPS) is 34.8. The van der Waals surface area contributed by atoms with Crippen LogP contribution in [-0.2, 0) is 11.8 Å². The van der Waals surface area contributed by atoms with Gasteiger partial charge in [-0.25, -0.2) is 0 Å². The van der Waals surface area contributed by atoms with Gasteiger partial charge in [0.15, 0.2) is 0 Å². The number of aliphatic hydroxyl groups is 1. The summed E-state index contributed by atoms with van der Waals surface area (Å²) in [5.74, 6) is 1.07. The fourth-order valence-electron chi connectivity index (χ4n) is 4.93. The third-order valence-corrected chi connectivity index (χ3v) is 5.79. The number of aliphatic hydroxyl groups excluding tert-OH is 1. The Hall–Kier alpha value is -1.58. The molecule has 1 aromatic carbocycles. The molecule has 2 aliphatic carbocycles. The van der Waals surface area contributed by atoms with E-state index in [0.29, 0.717) is 6.04 Å². The molecular weight excluding hydrogens is 262 g/mol. The van der Waals surface area contributed by atoms with Crippen LogP contribution >= 0.6 is 0 Å². The second-order valence-electron chi connectivity index (χ2n) is 6.70. The molecule has 2 N–H and O–H groups in total. The second-order valence-corrected chi connectivity index (χ2v) is 6.70. The van der Waals surface area contributed by atoms with Crippen molar-refractivity contribution in [1.82, 2.24) is 5.32 Å². The fourth-order valence-corrected chi connectivity index (χ4v) is 4.93. The molecule has 0 saturated carbocycles. The lowest BCUT2D eigenvalue weighted by Crippen LogP contribution is -2.58. The Balaban J connectivity index is 1.87.